The van der Waals surface area contributed by atoms with Gasteiger partial charge in [0.15, 0.2) is 0 Å². The van der Waals surface area contributed by atoms with E-state index in [9.17, 15) is 4.79 Å². The predicted molar refractivity (Wildman–Crippen MR) is 91.0 cm³/mol. The van der Waals surface area contributed by atoms with Crippen LogP contribution in [0.15, 0.2) is 29.1 Å². The Bertz CT molecular complexity index is 910. The highest BCUT2D eigenvalue weighted by Crippen LogP contribution is 2.70. The number of aryl methyl sites for hydroxylation is 1. The first-order valence-electron chi connectivity index (χ1n) is 8.66. The van der Waals surface area contributed by atoms with E-state index in [0.29, 0.717) is 11.3 Å². The second-order valence-corrected chi connectivity index (χ2v) is 8.50. The molecule has 4 atom stereocenters. The Kier molecular flexibility index (Phi) is 2.27. The first-order valence-corrected chi connectivity index (χ1v) is 8.66. The van der Waals surface area contributed by atoms with Crippen molar-refractivity contribution in [2.75, 3.05) is 0 Å². The smallest absolute Gasteiger partial charge is 0.258 e. The summed E-state index contributed by atoms with van der Waals surface area (Å²) in [6.07, 6.45) is 2.33. The van der Waals surface area contributed by atoms with Crippen molar-refractivity contribution in [1.29, 1.82) is 0 Å². The van der Waals surface area contributed by atoms with Gasteiger partial charge in [-0.05, 0) is 43.2 Å². The Morgan fingerprint density at radius 3 is 2.65 bits per heavy atom. The van der Waals surface area contributed by atoms with Crippen LogP contribution in [0, 0.1) is 17.3 Å². The summed E-state index contributed by atoms with van der Waals surface area (Å²) in [5.41, 5.74) is 2.13. The van der Waals surface area contributed by atoms with Crippen LogP contribution >= 0.6 is 0 Å². The molecule has 3 fully saturated rings. The van der Waals surface area contributed by atoms with Crippen LogP contribution in [-0.2, 0) is 7.05 Å². The van der Waals surface area contributed by atoms with Crippen molar-refractivity contribution in [3.05, 3.63) is 40.2 Å². The van der Waals surface area contributed by atoms with Crippen molar-refractivity contribution in [3.63, 3.8) is 0 Å². The summed E-state index contributed by atoms with van der Waals surface area (Å²) in [5, 5.41) is 1.08. The van der Waals surface area contributed by atoms with Gasteiger partial charge in [0.25, 0.3) is 5.56 Å². The normalized spacial score (nSPS) is 36.1. The lowest BCUT2D eigenvalue weighted by molar-refractivity contribution is -0.181. The molecule has 0 amide bonds. The molecular weight excluding hydrogens is 286 g/mol. The molecule has 0 radical (unpaired) electrons. The van der Waals surface area contributed by atoms with E-state index in [1.807, 2.05) is 25.2 Å². The lowest BCUT2D eigenvalue weighted by atomic mass is 9.41. The number of hydrogen-bond acceptors (Lipinski definition) is 2. The summed E-state index contributed by atoms with van der Waals surface area (Å²) < 4.78 is 8.42. The fourth-order valence-electron chi connectivity index (χ4n) is 5.82. The topological polar surface area (TPSA) is 31.2 Å². The van der Waals surface area contributed by atoms with Crippen molar-refractivity contribution < 1.29 is 4.74 Å². The van der Waals surface area contributed by atoms with E-state index in [-0.39, 0.29) is 17.1 Å². The second-order valence-electron chi connectivity index (χ2n) is 8.50. The van der Waals surface area contributed by atoms with E-state index in [1.54, 1.807) is 4.57 Å². The minimum absolute atomic E-state index is 0.131. The second kappa shape index (κ2) is 3.82. The minimum atomic E-state index is -0.225. The van der Waals surface area contributed by atoms with Crippen LogP contribution in [-0.4, -0.2) is 10.2 Å². The molecule has 6 rings (SSSR count). The zero-order valence-electron chi connectivity index (χ0n) is 14.2. The van der Waals surface area contributed by atoms with Gasteiger partial charge in [0.05, 0.1) is 11.1 Å². The number of ether oxygens (including phenoxy) is 1. The van der Waals surface area contributed by atoms with Crippen LogP contribution in [0.1, 0.15) is 45.1 Å². The van der Waals surface area contributed by atoms with Crippen LogP contribution in [0.25, 0.3) is 10.9 Å². The molecule has 3 saturated carbocycles. The molecule has 2 bridgehead atoms. The van der Waals surface area contributed by atoms with E-state index in [4.69, 9.17) is 4.74 Å². The molecule has 120 valence electrons. The molecule has 3 aliphatic carbocycles. The summed E-state index contributed by atoms with van der Waals surface area (Å²) in [6, 6.07) is 8.11. The minimum Gasteiger partial charge on any atom is -0.485 e. The fourth-order valence-corrected chi connectivity index (χ4v) is 5.82. The van der Waals surface area contributed by atoms with Crippen LogP contribution in [0.4, 0.5) is 0 Å². The molecule has 3 nitrogen and oxygen atoms in total. The van der Waals surface area contributed by atoms with Gasteiger partial charge < -0.3 is 9.30 Å². The Labute approximate surface area is 136 Å². The molecule has 3 heteroatoms. The van der Waals surface area contributed by atoms with Crippen LogP contribution in [0.5, 0.6) is 5.75 Å². The maximum Gasteiger partial charge on any atom is 0.258 e. The third kappa shape index (κ3) is 1.36. The number of rotatable bonds is 0. The molecule has 1 aromatic carbocycles. The first kappa shape index (κ1) is 13.6. The molecule has 2 aromatic rings. The SMILES string of the molecule is Cn1c(=O)c2c(c3ccccc31)OC1(C)C2CC2CC1C2(C)C. The van der Waals surface area contributed by atoms with Gasteiger partial charge in [-0.15, -0.1) is 0 Å². The van der Waals surface area contributed by atoms with Gasteiger partial charge >= 0.3 is 0 Å². The number of aromatic nitrogens is 1. The van der Waals surface area contributed by atoms with E-state index in [0.717, 1.165) is 34.6 Å². The lowest BCUT2D eigenvalue weighted by Crippen LogP contribution is -2.64. The summed E-state index contributed by atoms with van der Waals surface area (Å²) >= 11 is 0. The third-order valence-electron chi connectivity index (χ3n) is 7.33. The number of nitrogens with zero attached hydrogens (tertiary/aromatic N) is 1. The molecule has 4 aliphatic rings. The van der Waals surface area contributed by atoms with Crippen molar-refractivity contribution in [1.82, 2.24) is 4.57 Å². The Morgan fingerprint density at radius 1 is 1.17 bits per heavy atom. The molecule has 0 saturated heterocycles. The highest BCUT2D eigenvalue weighted by atomic mass is 16.5. The molecule has 0 N–H and O–H groups in total. The number of hydrogen-bond donors (Lipinski definition) is 0. The largest absolute Gasteiger partial charge is 0.485 e. The van der Waals surface area contributed by atoms with Crippen LogP contribution in [0.2, 0.25) is 0 Å². The predicted octanol–water partition coefficient (Wildman–Crippen LogP) is 3.84. The molecule has 2 heterocycles. The number of pyridine rings is 1. The standard InChI is InChI=1S/C20H23NO2/c1-19(2)11-9-13-16-17(23-20(13,3)15(19)10-11)12-7-5-6-8-14(12)21(4)18(16)22/h5-8,11,13,15H,9-10H2,1-4H3. The monoisotopic (exact) mass is 309 g/mol. The average Bonchev–Trinajstić information content (AvgIpc) is 2.85. The summed E-state index contributed by atoms with van der Waals surface area (Å²) in [6.45, 7) is 6.99. The summed E-state index contributed by atoms with van der Waals surface area (Å²) in [7, 11) is 1.88. The molecule has 23 heavy (non-hydrogen) atoms. The molecular formula is C20H23NO2. The van der Waals surface area contributed by atoms with Gasteiger partial charge in [0.1, 0.15) is 11.4 Å². The maximum absolute atomic E-state index is 13.0. The van der Waals surface area contributed by atoms with Gasteiger partial charge in [0, 0.05) is 24.3 Å². The Morgan fingerprint density at radius 2 is 1.91 bits per heavy atom. The number of fused-ring (bicyclic) bond motifs is 3. The van der Waals surface area contributed by atoms with Gasteiger partial charge in [-0.25, -0.2) is 0 Å². The summed E-state index contributed by atoms with van der Waals surface area (Å²) in [5.74, 6) is 2.36. The zero-order valence-corrected chi connectivity index (χ0v) is 14.2. The zero-order chi connectivity index (χ0) is 16.1. The highest BCUT2D eigenvalue weighted by Gasteiger charge is 2.67. The highest BCUT2D eigenvalue weighted by molar-refractivity contribution is 5.87. The first-order chi connectivity index (χ1) is 10.9. The fraction of sp³-hybridized carbons (Fsp3) is 0.550. The van der Waals surface area contributed by atoms with E-state index in [2.05, 4.69) is 26.8 Å². The van der Waals surface area contributed by atoms with Crippen molar-refractivity contribution in [3.8, 4) is 5.75 Å². The number of para-hydroxylation sites is 1. The van der Waals surface area contributed by atoms with Gasteiger partial charge in [0.2, 0.25) is 0 Å². The number of benzene rings is 1. The van der Waals surface area contributed by atoms with Gasteiger partial charge in [-0.2, -0.15) is 0 Å². The Balaban J connectivity index is 1.81. The van der Waals surface area contributed by atoms with Gasteiger partial charge in [-0.1, -0.05) is 26.0 Å². The van der Waals surface area contributed by atoms with Crippen molar-refractivity contribution in [2.45, 2.75) is 45.1 Å². The molecule has 1 aliphatic heterocycles. The third-order valence-corrected chi connectivity index (χ3v) is 7.33. The molecule has 1 aromatic heterocycles. The van der Waals surface area contributed by atoms with Crippen LogP contribution in [0.3, 0.4) is 0 Å². The van der Waals surface area contributed by atoms with Crippen molar-refractivity contribution in [2.24, 2.45) is 24.3 Å². The average molecular weight is 309 g/mol. The van der Waals surface area contributed by atoms with E-state index in [1.165, 1.54) is 6.42 Å². The van der Waals surface area contributed by atoms with E-state index >= 15 is 0 Å². The quantitative estimate of drug-likeness (QED) is 0.740. The molecule has 4 unspecified atom stereocenters. The van der Waals surface area contributed by atoms with Crippen molar-refractivity contribution >= 4 is 10.9 Å². The van der Waals surface area contributed by atoms with Crippen LogP contribution < -0.4 is 10.3 Å². The van der Waals surface area contributed by atoms with E-state index < -0.39 is 0 Å². The molecule has 0 spiro atoms. The lowest BCUT2D eigenvalue weighted by Gasteiger charge is -2.64. The Hall–Kier alpha value is -1.77. The van der Waals surface area contributed by atoms with Gasteiger partial charge in [-0.3, -0.25) is 4.79 Å². The maximum atomic E-state index is 13.0. The summed E-state index contributed by atoms with van der Waals surface area (Å²) in [4.78, 5) is 13.0.